The highest BCUT2D eigenvalue weighted by atomic mass is 16.5. The van der Waals surface area contributed by atoms with Gasteiger partial charge in [0.15, 0.2) is 0 Å². The fourth-order valence-electron chi connectivity index (χ4n) is 9.78. The number of rotatable bonds is 9. The number of hydrazine groups is 1. The minimum absolute atomic E-state index is 0.000694. The van der Waals surface area contributed by atoms with Gasteiger partial charge in [-0.05, 0) is 103 Å². The number of aromatic nitrogens is 2. The maximum Gasteiger partial charge on any atom is 0.324 e. The summed E-state index contributed by atoms with van der Waals surface area (Å²) in [5.41, 5.74) is 10.1. The highest BCUT2D eigenvalue weighted by molar-refractivity contribution is 5.97. The molecule has 4 aromatic rings. The maximum atomic E-state index is 14.7. The van der Waals surface area contributed by atoms with Crippen LogP contribution < -0.4 is 21.4 Å². The van der Waals surface area contributed by atoms with E-state index in [1.165, 1.54) is 9.91 Å². The van der Waals surface area contributed by atoms with Crippen molar-refractivity contribution in [3.05, 3.63) is 71.5 Å². The fourth-order valence-corrected chi connectivity index (χ4v) is 9.78. The third-order valence-corrected chi connectivity index (χ3v) is 13.0. The lowest BCUT2D eigenvalue weighted by molar-refractivity contribution is -0.155. The van der Waals surface area contributed by atoms with Crippen molar-refractivity contribution in [1.82, 2.24) is 40.8 Å². The van der Waals surface area contributed by atoms with Crippen LogP contribution in [0, 0.1) is 11.3 Å². The topological polar surface area (TPSA) is 197 Å². The summed E-state index contributed by atoms with van der Waals surface area (Å²) in [5, 5.41) is 22.5. The van der Waals surface area contributed by atoms with Crippen LogP contribution in [0.5, 0.6) is 5.75 Å². The molecular weight excluding hydrogens is 813 g/mol. The lowest BCUT2D eigenvalue weighted by atomic mass is 9.83. The molecule has 15 nitrogen and oxygen atoms in total. The highest BCUT2D eigenvalue weighted by Gasteiger charge is 2.44. The Labute approximate surface area is 374 Å². The number of carbonyl (C=O) groups excluding carboxylic acids is 5. The molecule has 2 aromatic carbocycles. The molecule has 3 fully saturated rings. The minimum atomic E-state index is -1.15. The number of aromatic hydroxyl groups is 1. The number of nitrogens with zero attached hydrogens (tertiary/aromatic N) is 4. The van der Waals surface area contributed by atoms with E-state index in [9.17, 15) is 29.1 Å². The molecule has 340 valence electrons. The third-order valence-electron chi connectivity index (χ3n) is 13.0. The molecule has 0 saturated carbocycles. The van der Waals surface area contributed by atoms with E-state index in [1.807, 2.05) is 38.2 Å². The molecular formula is C49H62N8O7. The number of phenolic OH excluding ortho intramolecular Hbond substituents is 1. The second-order valence-corrected chi connectivity index (χ2v) is 19.3. The van der Waals surface area contributed by atoms with Gasteiger partial charge >= 0.3 is 5.97 Å². The van der Waals surface area contributed by atoms with E-state index < -0.39 is 47.4 Å². The Morgan fingerprint density at radius 3 is 2.47 bits per heavy atom. The van der Waals surface area contributed by atoms with E-state index in [0.29, 0.717) is 44.3 Å². The average Bonchev–Trinajstić information content (AvgIpc) is 4.01. The van der Waals surface area contributed by atoms with Crippen LogP contribution in [0.3, 0.4) is 0 Å². The number of esters is 1. The van der Waals surface area contributed by atoms with E-state index >= 15 is 0 Å². The van der Waals surface area contributed by atoms with Crippen LogP contribution in [0.1, 0.15) is 90.5 Å². The zero-order valence-electron chi connectivity index (χ0n) is 38.0. The van der Waals surface area contributed by atoms with Crippen molar-refractivity contribution in [3.63, 3.8) is 0 Å². The number of phenols is 1. The predicted molar refractivity (Wildman–Crippen MR) is 243 cm³/mol. The molecule has 8 rings (SSSR count). The fraction of sp³-hybridized carbons (Fsp3) is 0.510. The van der Waals surface area contributed by atoms with Gasteiger partial charge in [-0.15, -0.1) is 0 Å². The number of nitrogens with one attached hydrogen (secondary N) is 4. The van der Waals surface area contributed by atoms with Crippen molar-refractivity contribution in [2.75, 3.05) is 26.2 Å². The van der Waals surface area contributed by atoms with Gasteiger partial charge in [0.25, 0.3) is 5.91 Å². The van der Waals surface area contributed by atoms with Gasteiger partial charge in [0, 0.05) is 60.7 Å². The monoisotopic (exact) mass is 874 g/mol. The zero-order valence-corrected chi connectivity index (χ0v) is 38.0. The molecule has 4 amide bonds. The summed E-state index contributed by atoms with van der Waals surface area (Å²) >= 11 is 0. The number of carbonyl (C=O) groups is 5. The zero-order chi connectivity index (χ0) is 45.6. The summed E-state index contributed by atoms with van der Waals surface area (Å²) in [4.78, 5) is 75.6. The highest BCUT2D eigenvalue weighted by Crippen LogP contribution is 2.42. The van der Waals surface area contributed by atoms with Crippen molar-refractivity contribution < 1.29 is 33.8 Å². The Morgan fingerprint density at radius 2 is 1.75 bits per heavy atom. The van der Waals surface area contributed by atoms with Crippen LogP contribution in [-0.4, -0.2) is 111 Å². The summed E-state index contributed by atoms with van der Waals surface area (Å²) in [6, 6.07) is 11.7. The molecule has 4 aliphatic heterocycles. The van der Waals surface area contributed by atoms with Crippen molar-refractivity contribution in [2.24, 2.45) is 11.3 Å². The molecule has 5 atom stereocenters. The van der Waals surface area contributed by atoms with Crippen molar-refractivity contribution in [2.45, 2.75) is 123 Å². The van der Waals surface area contributed by atoms with E-state index in [-0.39, 0.29) is 61.6 Å². The van der Waals surface area contributed by atoms with Crippen LogP contribution in [0.25, 0.3) is 33.3 Å². The van der Waals surface area contributed by atoms with E-state index in [1.54, 1.807) is 12.1 Å². The van der Waals surface area contributed by atoms with Gasteiger partial charge in [-0.2, -0.15) is 0 Å². The predicted octanol–water partition coefficient (Wildman–Crippen LogP) is 4.58. The largest absolute Gasteiger partial charge is 0.508 e. The summed E-state index contributed by atoms with van der Waals surface area (Å²) < 4.78 is 8.43. The molecule has 6 bridgehead atoms. The Balaban J connectivity index is 1.20. The normalized spacial score (nSPS) is 23.0. The first-order valence-electron chi connectivity index (χ1n) is 22.9. The number of aryl methyl sites for hydroxylation is 1. The first-order chi connectivity index (χ1) is 30.5. The molecule has 0 radical (unpaired) electrons. The summed E-state index contributed by atoms with van der Waals surface area (Å²) in [5.74, 6) is -2.21. The smallest absolute Gasteiger partial charge is 0.324 e. The lowest BCUT2D eigenvalue weighted by Crippen LogP contribution is -2.62. The van der Waals surface area contributed by atoms with Crippen LogP contribution in [0.2, 0.25) is 0 Å². The first-order valence-corrected chi connectivity index (χ1v) is 22.9. The Kier molecular flexibility index (Phi) is 12.6. The lowest BCUT2D eigenvalue weighted by Gasteiger charge is -2.36. The Bertz CT molecular complexity index is 2470. The van der Waals surface area contributed by atoms with Crippen molar-refractivity contribution in [3.8, 4) is 28.1 Å². The van der Waals surface area contributed by atoms with Gasteiger partial charge in [0.05, 0.1) is 24.0 Å². The van der Waals surface area contributed by atoms with Gasteiger partial charge in [-0.25, -0.2) is 5.43 Å². The standard InChI is InChI=1S/C49H62N8O7/c1-8-55-40-14-13-30-23-34(40)35(43(55)33-11-9-16-50-41(33)27(2)3)24-49(6,7)26-64-48(63)37-12-10-17-57(54-37)47(62)38(21-29-19-31(30)22-32(58)20-29)53-45(60)42(28(4)5)56-18-15-36(46(56)61)52-44(59)39-25-51-39/h9,11,13-14,16,19-20,22-23,27-28,36-39,42,51,54,58H,8,10,12,15,17-18,21,24-26H2,1-7H3,(H,52,59)(H,53,60)/t36-,37+,38+,39-,42+/m1/s1. The molecule has 5 N–H and O–H groups in total. The second kappa shape index (κ2) is 18.0. The van der Waals surface area contributed by atoms with Crippen molar-refractivity contribution in [1.29, 1.82) is 0 Å². The van der Waals surface area contributed by atoms with Gasteiger partial charge in [-0.1, -0.05) is 53.7 Å². The number of hydrogen-bond acceptors (Lipinski definition) is 10. The Morgan fingerprint density at radius 1 is 0.969 bits per heavy atom. The van der Waals surface area contributed by atoms with Gasteiger partial charge < -0.3 is 35.3 Å². The number of likely N-dealkylation sites (tertiary alicyclic amines) is 1. The number of benzene rings is 2. The van der Waals surface area contributed by atoms with Crippen molar-refractivity contribution >= 4 is 40.5 Å². The van der Waals surface area contributed by atoms with E-state index in [0.717, 1.165) is 44.5 Å². The number of amides is 4. The average molecular weight is 875 g/mol. The third kappa shape index (κ3) is 9.10. The molecule has 0 spiro atoms. The Hall–Kier alpha value is -5.80. The number of hydrogen-bond donors (Lipinski definition) is 5. The van der Waals surface area contributed by atoms with E-state index in [2.05, 4.69) is 78.8 Å². The summed E-state index contributed by atoms with van der Waals surface area (Å²) in [7, 11) is 0. The number of pyridine rings is 1. The quantitative estimate of drug-likeness (QED) is 0.117. The van der Waals surface area contributed by atoms with Gasteiger partial charge in [0.1, 0.15) is 29.9 Å². The molecule has 4 aliphatic rings. The van der Waals surface area contributed by atoms with E-state index in [4.69, 9.17) is 9.72 Å². The van der Waals surface area contributed by atoms with Gasteiger partial charge in [-0.3, -0.25) is 34.0 Å². The number of ether oxygens (including phenoxy) is 1. The summed E-state index contributed by atoms with van der Waals surface area (Å²) in [6.07, 6.45) is 3.74. The number of fused-ring (bicyclic) bond motifs is 6. The molecule has 3 saturated heterocycles. The minimum Gasteiger partial charge on any atom is -0.508 e. The second-order valence-electron chi connectivity index (χ2n) is 19.3. The molecule has 64 heavy (non-hydrogen) atoms. The molecule has 0 aliphatic carbocycles. The molecule has 15 heteroatoms. The van der Waals surface area contributed by atoms with Gasteiger partial charge in [0.2, 0.25) is 17.7 Å². The first kappa shape index (κ1) is 44.8. The van der Waals surface area contributed by atoms with Crippen LogP contribution in [0.4, 0.5) is 0 Å². The maximum absolute atomic E-state index is 14.7. The van der Waals surface area contributed by atoms with Crippen LogP contribution in [0.15, 0.2) is 54.7 Å². The molecule has 6 heterocycles. The number of cyclic esters (lactones) is 1. The van der Waals surface area contributed by atoms with Crippen LogP contribution >= 0.6 is 0 Å². The SMILES string of the molecule is CCn1c(-c2cccnc2C(C)C)c2c3cc(ccc31)-c1cc(O)cc(c1)C[C@H](NC(=O)[C@H](C(C)C)N1CC[C@@H](NC(=O)[C@H]3CN3)C1=O)C(=O)N1CCC[C@H](N1)C(=O)OCC(C)(C)C2. The molecule has 0 unspecified atom stereocenters. The van der Waals surface area contributed by atoms with Crippen LogP contribution in [-0.2, 0) is 48.1 Å². The summed E-state index contributed by atoms with van der Waals surface area (Å²) in [6.45, 7) is 16.2. The molecule has 2 aromatic heterocycles.